The Kier molecular flexibility index (Phi) is 5.82. The van der Waals surface area contributed by atoms with E-state index in [1.165, 1.54) is 12.3 Å². The Morgan fingerprint density at radius 2 is 2.29 bits per heavy atom. The minimum absolute atomic E-state index is 0. The number of aryl methyl sites for hydroxylation is 1. The molecule has 0 saturated carbocycles. The molecule has 0 amide bonds. The molecule has 3 rings (SSSR count). The quantitative estimate of drug-likeness (QED) is 0.774. The summed E-state index contributed by atoms with van der Waals surface area (Å²) >= 11 is 0. The van der Waals surface area contributed by atoms with Crippen LogP contribution in [-0.2, 0) is 14.8 Å². The number of nitrogens with zero attached hydrogens (tertiary/aromatic N) is 2. The summed E-state index contributed by atoms with van der Waals surface area (Å²) in [7, 11) is -2.05. The van der Waals surface area contributed by atoms with Crippen LogP contribution in [0.1, 0.15) is 18.5 Å². The van der Waals surface area contributed by atoms with Gasteiger partial charge in [-0.1, -0.05) is 5.16 Å². The molecule has 1 fully saturated rings. The second kappa shape index (κ2) is 7.32. The van der Waals surface area contributed by atoms with Gasteiger partial charge in [0, 0.05) is 13.7 Å². The van der Waals surface area contributed by atoms with Gasteiger partial charge in [0.2, 0.25) is 10.0 Å². The van der Waals surface area contributed by atoms with Crippen LogP contribution in [0.15, 0.2) is 21.7 Å². The highest BCUT2D eigenvalue weighted by Crippen LogP contribution is 2.22. The lowest BCUT2D eigenvalue weighted by Crippen LogP contribution is -2.52. The van der Waals surface area contributed by atoms with Crippen molar-refractivity contribution in [2.75, 3.05) is 26.8 Å². The lowest BCUT2D eigenvalue weighted by atomic mass is 9.99. The van der Waals surface area contributed by atoms with E-state index in [1.807, 2.05) is 0 Å². The van der Waals surface area contributed by atoms with Gasteiger partial charge in [-0.05, 0) is 32.4 Å². The van der Waals surface area contributed by atoms with Crippen molar-refractivity contribution in [1.82, 2.24) is 20.2 Å². The summed E-state index contributed by atoms with van der Waals surface area (Å²) in [4.78, 5) is 4.11. The maximum absolute atomic E-state index is 12.5. The van der Waals surface area contributed by atoms with Crippen LogP contribution in [0.4, 0.5) is 0 Å². The van der Waals surface area contributed by atoms with Gasteiger partial charge >= 0.3 is 0 Å². The highest BCUT2D eigenvalue weighted by molar-refractivity contribution is 7.89. The smallest absolute Gasteiger partial charge is 0.257 e. The molecule has 1 unspecified atom stereocenters. The van der Waals surface area contributed by atoms with Crippen molar-refractivity contribution in [2.24, 2.45) is 0 Å². The molecule has 10 heteroatoms. The predicted octanol–water partition coefficient (Wildman–Crippen LogP) is 1.000. The van der Waals surface area contributed by atoms with Crippen LogP contribution < -0.4 is 10.0 Å². The van der Waals surface area contributed by atoms with Gasteiger partial charge in [-0.25, -0.2) is 18.1 Å². The van der Waals surface area contributed by atoms with E-state index in [-0.39, 0.29) is 29.4 Å². The summed E-state index contributed by atoms with van der Waals surface area (Å²) in [6, 6.07) is 1.53. The summed E-state index contributed by atoms with van der Waals surface area (Å²) in [6.07, 6.45) is 3.14. The Balaban J connectivity index is 0.00000208. The van der Waals surface area contributed by atoms with Crippen LogP contribution >= 0.6 is 12.4 Å². The number of pyridine rings is 1. The van der Waals surface area contributed by atoms with Crippen LogP contribution in [0.3, 0.4) is 0 Å². The van der Waals surface area contributed by atoms with Gasteiger partial charge < -0.3 is 14.6 Å². The van der Waals surface area contributed by atoms with Crippen molar-refractivity contribution in [3.8, 4) is 0 Å². The third-order valence-electron chi connectivity index (χ3n) is 4.15. The van der Waals surface area contributed by atoms with Gasteiger partial charge in [-0.15, -0.1) is 12.4 Å². The van der Waals surface area contributed by atoms with Crippen LogP contribution in [-0.4, -0.2) is 50.9 Å². The number of sulfonamides is 1. The van der Waals surface area contributed by atoms with Gasteiger partial charge in [0.05, 0.1) is 29.4 Å². The highest BCUT2D eigenvalue weighted by atomic mass is 35.5. The molecule has 1 atom stereocenters. The molecule has 0 radical (unpaired) electrons. The van der Waals surface area contributed by atoms with Crippen LogP contribution in [0.5, 0.6) is 0 Å². The topological polar surface area (TPSA) is 106 Å². The van der Waals surface area contributed by atoms with Crippen molar-refractivity contribution in [3.05, 3.63) is 18.0 Å². The number of methoxy groups -OCH3 is 1. The van der Waals surface area contributed by atoms with E-state index >= 15 is 0 Å². The number of hydrogen-bond donors (Lipinski definition) is 2. The molecule has 3 heterocycles. The molecule has 0 aliphatic carbocycles. The molecule has 2 aromatic heterocycles. The monoisotopic (exact) mass is 376 g/mol. The lowest BCUT2D eigenvalue weighted by Gasteiger charge is -2.28. The average Bonchev–Trinajstić information content (AvgIpc) is 3.14. The number of rotatable bonds is 6. The molecule has 0 bridgehead atoms. The number of ether oxygens (including phenoxy) is 1. The van der Waals surface area contributed by atoms with E-state index < -0.39 is 10.0 Å². The van der Waals surface area contributed by atoms with Gasteiger partial charge in [0.25, 0.3) is 5.71 Å². The van der Waals surface area contributed by atoms with E-state index in [2.05, 4.69) is 20.2 Å². The second-order valence-corrected chi connectivity index (χ2v) is 7.63. The van der Waals surface area contributed by atoms with Crippen molar-refractivity contribution in [2.45, 2.75) is 30.2 Å². The molecule has 2 aromatic rings. The maximum Gasteiger partial charge on any atom is 0.257 e. The number of fused-ring (bicyclic) bond motifs is 1. The zero-order chi connectivity index (χ0) is 16.5. The molecule has 1 aliphatic heterocycles. The number of nitrogens with one attached hydrogen (secondary N) is 2. The van der Waals surface area contributed by atoms with Gasteiger partial charge in [0.1, 0.15) is 4.90 Å². The van der Waals surface area contributed by atoms with Crippen LogP contribution in [0, 0.1) is 6.92 Å². The van der Waals surface area contributed by atoms with Gasteiger partial charge in [-0.2, -0.15) is 0 Å². The second-order valence-electron chi connectivity index (χ2n) is 5.86. The Morgan fingerprint density at radius 1 is 1.50 bits per heavy atom. The zero-order valence-electron chi connectivity index (χ0n) is 13.5. The molecule has 134 valence electrons. The Hall–Kier alpha value is -1.26. The number of halogens is 1. The molecular weight excluding hydrogens is 356 g/mol. The first-order valence-corrected chi connectivity index (χ1v) is 8.90. The largest absolute Gasteiger partial charge is 0.383 e. The summed E-state index contributed by atoms with van der Waals surface area (Å²) < 4.78 is 38.0. The number of aromatic nitrogens is 2. The van der Waals surface area contributed by atoms with Crippen molar-refractivity contribution in [3.63, 3.8) is 0 Å². The normalized spacial score (nSPS) is 21.1. The molecule has 2 N–H and O–H groups in total. The fourth-order valence-electron chi connectivity index (χ4n) is 2.86. The molecule has 24 heavy (non-hydrogen) atoms. The summed E-state index contributed by atoms with van der Waals surface area (Å²) in [5, 5.41) is 7.72. The minimum atomic E-state index is -3.67. The third kappa shape index (κ3) is 3.70. The highest BCUT2D eigenvalue weighted by Gasteiger charge is 2.35. The standard InChI is InChI=1S/C14H20N4O4S.ClH/c1-10-12-6-11(7-15-13(12)22-18-10)23(19,20)17-8-14(9-21-2)4-3-5-16-14;/h6-7,16-17H,3-5,8-9H2,1-2H3;1H. The average molecular weight is 377 g/mol. The van der Waals surface area contributed by atoms with Gasteiger partial charge in [0.15, 0.2) is 0 Å². The van der Waals surface area contributed by atoms with Gasteiger partial charge in [-0.3, -0.25) is 0 Å². The predicted molar refractivity (Wildman–Crippen MR) is 90.8 cm³/mol. The summed E-state index contributed by atoms with van der Waals surface area (Å²) in [5.41, 5.74) is 0.583. The van der Waals surface area contributed by atoms with E-state index in [0.29, 0.717) is 23.4 Å². The van der Waals surface area contributed by atoms with Crippen molar-refractivity contribution >= 4 is 33.5 Å². The maximum atomic E-state index is 12.5. The lowest BCUT2D eigenvalue weighted by molar-refractivity contribution is 0.122. The Bertz CT molecular complexity index is 802. The zero-order valence-corrected chi connectivity index (χ0v) is 15.2. The van der Waals surface area contributed by atoms with Crippen LogP contribution in [0.25, 0.3) is 11.1 Å². The molecule has 1 aliphatic rings. The van der Waals surface area contributed by atoms with E-state index in [9.17, 15) is 8.42 Å². The first-order valence-electron chi connectivity index (χ1n) is 7.41. The fourth-order valence-corrected chi connectivity index (χ4v) is 3.96. The third-order valence-corrected chi connectivity index (χ3v) is 5.52. The van der Waals surface area contributed by atoms with Crippen molar-refractivity contribution in [1.29, 1.82) is 0 Å². The minimum Gasteiger partial charge on any atom is -0.383 e. The molecule has 0 aromatic carbocycles. The van der Waals surface area contributed by atoms with E-state index in [1.54, 1.807) is 14.0 Å². The Morgan fingerprint density at radius 3 is 2.96 bits per heavy atom. The molecular formula is C14H21ClN4O4S. The first-order chi connectivity index (χ1) is 11.0. The number of hydrogen-bond acceptors (Lipinski definition) is 7. The Labute approximate surface area is 146 Å². The summed E-state index contributed by atoms with van der Waals surface area (Å²) in [5.74, 6) is 0. The van der Waals surface area contributed by atoms with Crippen molar-refractivity contribution < 1.29 is 17.7 Å². The van der Waals surface area contributed by atoms with Crippen LogP contribution in [0.2, 0.25) is 0 Å². The molecule has 1 saturated heterocycles. The molecule has 8 nitrogen and oxygen atoms in total. The fraction of sp³-hybridized carbons (Fsp3) is 0.571. The SMILES string of the molecule is COCC1(CNS(=O)(=O)c2cnc3onc(C)c3c2)CCCN1.Cl. The first kappa shape index (κ1) is 19.1. The van der Waals surface area contributed by atoms with E-state index in [0.717, 1.165) is 19.4 Å². The summed E-state index contributed by atoms with van der Waals surface area (Å²) in [6.45, 7) is 3.33. The molecule has 0 spiro atoms. The van der Waals surface area contributed by atoms with E-state index in [4.69, 9.17) is 9.26 Å².